The van der Waals surface area contributed by atoms with Crippen LogP contribution in [0.2, 0.25) is 0 Å². The number of rotatable bonds is 4. The van der Waals surface area contributed by atoms with Gasteiger partial charge in [0.05, 0.1) is 29.3 Å². The number of fused-ring (bicyclic) bond motifs is 1. The molecule has 2 N–H and O–H groups in total. The molecule has 2 aliphatic heterocycles. The first-order valence-corrected chi connectivity index (χ1v) is 10.9. The minimum Gasteiger partial charge on any atom is -0.393 e. The molecule has 176 valence electrons. The molecule has 0 spiro atoms. The third-order valence-electron chi connectivity index (χ3n) is 6.06. The number of aliphatic hydroxyl groups is 1. The van der Waals surface area contributed by atoms with Gasteiger partial charge in [-0.15, -0.1) is 0 Å². The van der Waals surface area contributed by atoms with E-state index in [4.69, 9.17) is 0 Å². The van der Waals surface area contributed by atoms with E-state index in [1.807, 2.05) is 24.1 Å². The molecule has 3 atom stereocenters. The monoisotopic (exact) mass is 463 g/mol. The van der Waals surface area contributed by atoms with Crippen molar-refractivity contribution < 1.29 is 27.5 Å². The Morgan fingerprint density at radius 2 is 2.09 bits per heavy atom. The molecule has 1 aliphatic carbocycles. The van der Waals surface area contributed by atoms with Gasteiger partial charge in [0.25, 0.3) is 5.91 Å². The first-order chi connectivity index (χ1) is 15.5. The average Bonchev–Trinajstić information content (AvgIpc) is 3.12. The maximum Gasteiger partial charge on any atom is 0.419 e. The number of carbonyl (C=O) groups is 1. The van der Waals surface area contributed by atoms with Crippen molar-refractivity contribution in [3.63, 3.8) is 0 Å². The van der Waals surface area contributed by atoms with Gasteiger partial charge in [0.1, 0.15) is 11.7 Å². The summed E-state index contributed by atoms with van der Waals surface area (Å²) in [4.78, 5) is 19.6. The first kappa shape index (κ1) is 23.2. The van der Waals surface area contributed by atoms with E-state index in [2.05, 4.69) is 10.3 Å². The van der Waals surface area contributed by atoms with Gasteiger partial charge in [-0.3, -0.25) is 9.79 Å². The molecule has 1 unspecified atom stereocenters. The number of benzene rings is 1. The lowest BCUT2D eigenvalue weighted by Crippen LogP contribution is -2.37. The number of halogens is 4. The van der Waals surface area contributed by atoms with Crippen molar-refractivity contribution in [2.24, 2.45) is 4.99 Å². The number of hydrogen-bond acceptors (Lipinski definition) is 4. The zero-order valence-corrected chi connectivity index (χ0v) is 18.3. The number of amidine groups is 1. The molecule has 4 rings (SSSR count). The van der Waals surface area contributed by atoms with E-state index in [1.165, 1.54) is 13.0 Å². The van der Waals surface area contributed by atoms with Crippen LogP contribution in [0.1, 0.15) is 50.3 Å². The van der Waals surface area contributed by atoms with E-state index in [1.54, 1.807) is 6.08 Å². The second-order valence-corrected chi connectivity index (χ2v) is 8.66. The molecule has 33 heavy (non-hydrogen) atoms. The Kier molecular flexibility index (Phi) is 6.18. The minimum absolute atomic E-state index is 0.0349. The number of nitrogens with zero attached hydrogens (tertiary/aromatic N) is 2. The van der Waals surface area contributed by atoms with Crippen molar-refractivity contribution in [2.45, 2.75) is 57.5 Å². The summed E-state index contributed by atoms with van der Waals surface area (Å²) in [5.74, 6) is -1.45. The standard InChI is InChI=1S/C24H25F4N3O2/c1-13-11-31-12-16(15-6-8-17(32)9-7-15)10-19(22(31)29-13)23(33)30-14(2)18-4-3-5-20(21(18)25)24(26,27)28/h3-6,10,12-14,17,32H,7-9,11H2,1-2H3,(H,30,33)/t13-,14-,17?/m1/s1. The summed E-state index contributed by atoms with van der Waals surface area (Å²) in [5, 5.41) is 12.4. The zero-order valence-electron chi connectivity index (χ0n) is 18.3. The van der Waals surface area contributed by atoms with Gasteiger partial charge in [-0.2, -0.15) is 13.2 Å². The fraction of sp³-hybridized carbons (Fsp3) is 0.417. The SMILES string of the molecule is C[C@@H]1CN2C=C(C3=CCC(O)CC3)C=C(C(=O)N[C@H](C)c3cccc(C(F)(F)F)c3F)C2=N1. The van der Waals surface area contributed by atoms with Gasteiger partial charge in [0.2, 0.25) is 0 Å². The molecule has 0 saturated heterocycles. The number of alkyl halides is 3. The lowest BCUT2D eigenvalue weighted by Gasteiger charge is -2.27. The normalized spacial score (nSPS) is 23.8. The summed E-state index contributed by atoms with van der Waals surface area (Å²) in [7, 11) is 0. The highest BCUT2D eigenvalue weighted by Crippen LogP contribution is 2.35. The van der Waals surface area contributed by atoms with E-state index in [-0.39, 0.29) is 23.3 Å². The molecule has 2 heterocycles. The highest BCUT2D eigenvalue weighted by atomic mass is 19.4. The van der Waals surface area contributed by atoms with Crippen molar-refractivity contribution in [3.05, 3.63) is 70.2 Å². The third kappa shape index (κ3) is 4.73. The highest BCUT2D eigenvalue weighted by Gasteiger charge is 2.36. The van der Waals surface area contributed by atoms with E-state index in [0.717, 1.165) is 17.2 Å². The molecule has 0 fully saturated rings. The van der Waals surface area contributed by atoms with Gasteiger partial charge in [-0.1, -0.05) is 18.2 Å². The maximum absolute atomic E-state index is 14.6. The molecule has 0 saturated carbocycles. The molecule has 9 heteroatoms. The van der Waals surface area contributed by atoms with Gasteiger partial charge >= 0.3 is 6.18 Å². The second kappa shape index (κ2) is 8.78. The molecule has 3 aliphatic rings. The van der Waals surface area contributed by atoms with Crippen LogP contribution in [0, 0.1) is 5.82 Å². The Morgan fingerprint density at radius 3 is 2.76 bits per heavy atom. The van der Waals surface area contributed by atoms with Crippen LogP contribution in [0.25, 0.3) is 0 Å². The summed E-state index contributed by atoms with van der Waals surface area (Å²) in [6.07, 6.45) is 2.21. The number of hydrogen-bond donors (Lipinski definition) is 2. The van der Waals surface area contributed by atoms with Crippen LogP contribution in [0.3, 0.4) is 0 Å². The van der Waals surface area contributed by atoms with E-state index in [9.17, 15) is 27.5 Å². The number of amides is 1. The molecule has 1 aromatic rings. The van der Waals surface area contributed by atoms with Crippen LogP contribution in [0.5, 0.6) is 0 Å². The lowest BCUT2D eigenvalue weighted by atomic mass is 9.90. The number of aliphatic hydroxyl groups excluding tert-OH is 1. The van der Waals surface area contributed by atoms with Gasteiger partial charge in [0.15, 0.2) is 0 Å². The quantitative estimate of drug-likeness (QED) is 0.650. The van der Waals surface area contributed by atoms with Gasteiger partial charge in [0, 0.05) is 18.3 Å². The predicted octanol–water partition coefficient (Wildman–Crippen LogP) is 4.42. The van der Waals surface area contributed by atoms with Crippen molar-refractivity contribution in [1.29, 1.82) is 0 Å². The maximum atomic E-state index is 14.6. The first-order valence-electron chi connectivity index (χ1n) is 10.9. The van der Waals surface area contributed by atoms with Crippen molar-refractivity contribution >= 4 is 11.7 Å². The molecule has 1 amide bonds. The second-order valence-electron chi connectivity index (χ2n) is 8.66. The summed E-state index contributed by atoms with van der Waals surface area (Å²) in [5.41, 5.74) is 0.519. The number of carbonyl (C=O) groups excluding carboxylic acids is 1. The van der Waals surface area contributed by atoms with Crippen molar-refractivity contribution in [3.8, 4) is 0 Å². The van der Waals surface area contributed by atoms with E-state index < -0.39 is 29.5 Å². The Balaban J connectivity index is 1.61. The van der Waals surface area contributed by atoms with Gasteiger partial charge in [-0.05, 0) is 56.4 Å². The zero-order chi connectivity index (χ0) is 23.9. The Labute approximate surface area is 189 Å². The van der Waals surface area contributed by atoms with E-state index >= 15 is 0 Å². The molecule has 0 radical (unpaired) electrons. The van der Waals surface area contributed by atoms with Crippen molar-refractivity contribution in [2.75, 3.05) is 6.54 Å². The number of aliphatic imine (C=N–C) groups is 1. The average molecular weight is 463 g/mol. The van der Waals surface area contributed by atoms with Gasteiger partial charge in [-0.25, -0.2) is 4.39 Å². The van der Waals surface area contributed by atoms with Gasteiger partial charge < -0.3 is 15.3 Å². The van der Waals surface area contributed by atoms with Crippen LogP contribution in [0.15, 0.2) is 58.3 Å². The van der Waals surface area contributed by atoms with Crippen LogP contribution < -0.4 is 5.32 Å². The molecular weight excluding hydrogens is 438 g/mol. The summed E-state index contributed by atoms with van der Waals surface area (Å²) < 4.78 is 53.8. The van der Waals surface area contributed by atoms with Crippen molar-refractivity contribution in [1.82, 2.24) is 10.2 Å². The molecule has 5 nitrogen and oxygen atoms in total. The number of nitrogens with one attached hydrogen (secondary N) is 1. The number of allylic oxidation sites excluding steroid dienone is 3. The smallest absolute Gasteiger partial charge is 0.393 e. The summed E-state index contributed by atoms with van der Waals surface area (Å²) in [6.45, 7) is 3.96. The largest absolute Gasteiger partial charge is 0.419 e. The molecular formula is C24H25F4N3O2. The topological polar surface area (TPSA) is 64.9 Å². The predicted molar refractivity (Wildman–Crippen MR) is 116 cm³/mol. The van der Waals surface area contributed by atoms with Crippen LogP contribution in [-0.2, 0) is 11.0 Å². The fourth-order valence-corrected chi connectivity index (χ4v) is 4.34. The molecule has 0 bridgehead atoms. The summed E-state index contributed by atoms with van der Waals surface area (Å²) >= 11 is 0. The third-order valence-corrected chi connectivity index (χ3v) is 6.06. The van der Waals surface area contributed by atoms with Crippen LogP contribution >= 0.6 is 0 Å². The summed E-state index contributed by atoms with van der Waals surface area (Å²) in [6, 6.07) is 2.00. The Bertz CT molecular complexity index is 1090. The van der Waals surface area contributed by atoms with Crippen LogP contribution in [-0.4, -0.2) is 40.4 Å². The van der Waals surface area contributed by atoms with Crippen LogP contribution in [0.4, 0.5) is 17.6 Å². The fourth-order valence-electron chi connectivity index (χ4n) is 4.34. The molecule has 0 aromatic heterocycles. The Morgan fingerprint density at radius 1 is 1.33 bits per heavy atom. The molecule has 1 aromatic carbocycles. The highest BCUT2D eigenvalue weighted by molar-refractivity contribution is 6.22. The van der Waals surface area contributed by atoms with E-state index in [0.29, 0.717) is 37.7 Å². The Hall–Kier alpha value is -2.94. The lowest BCUT2D eigenvalue weighted by molar-refractivity contribution is -0.140. The minimum atomic E-state index is -4.83.